The molecule has 0 atom stereocenters. The van der Waals surface area contributed by atoms with Crippen LogP contribution in [0.4, 0.5) is 0 Å². The second-order valence-electron chi connectivity index (χ2n) is 11.0. The Morgan fingerprint density at radius 2 is 1.56 bits per heavy atom. The molecule has 0 aliphatic carbocycles. The summed E-state index contributed by atoms with van der Waals surface area (Å²) in [7, 11) is 1.38. The second-order valence-corrected chi connectivity index (χ2v) is 11.0. The molecule has 2 aromatic heterocycles. The smallest absolute Gasteiger partial charge is 0.355 e. The molecule has 1 aliphatic heterocycles. The van der Waals surface area contributed by atoms with E-state index in [0.29, 0.717) is 25.0 Å². The van der Waals surface area contributed by atoms with Crippen molar-refractivity contribution in [2.24, 2.45) is 0 Å². The topological polar surface area (TPSA) is 113 Å². The minimum atomic E-state index is -0.631. The van der Waals surface area contributed by atoms with E-state index in [2.05, 4.69) is 29.1 Å². The average molecular weight is 538 g/mol. The first-order valence-corrected chi connectivity index (χ1v) is 13.8. The number of allylic oxidation sites excluding steroid dienone is 1. The van der Waals surface area contributed by atoms with Crippen LogP contribution in [-0.4, -0.2) is 40.5 Å². The summed E-state index contributed by atoms with van der Waals surface area (Å²) in [5, 5.41) is 3.01. The highest BCUT2D eigenvalue weighted by Gasteiger charge is 2.27. The molecule has 0 spiro atoms. The Labute approximate surface area is 231 Å². The molecule has 2 aromatic rings. The lowest BCUT2D eigenvalue weighted by molar-refractivity contribution is -0.140. The number of amides is 1. The molecule has 212 valence electrons. The summed E-state index contributed by atoms with van der Waals surface area (Å²) in [6.07, 6.45) is 5.56. The monoisotopic (exact) mass is 537 g/mol. The molecule has 3 rings (SSSR count). The lowest BCUT2D eigenvalue weighted by Gasteiger charge is -2.19. The van der Waals surface area contributed by atoms with Crippen LogP contribution in [0.2, 0.25) is 0 Å². The Kier molecular flexibility index (Phi) is 9.30. The van der Waals surface area contributed by atoms with Crippen molar-refractivity contribution in [1.29, 1.82) is 0 Å². The number of carbonyl (C=O) groups is 3. The van der Waals surface area contributed by atoms with E-state index in [1.165, 1.54) is 18.2 Å². The molecule has 0 fully saturated rings. The van der Waals surface area contributed by atoms with E-state index in [1.54, 1.807) is 0 Å². The number of nitrogens with one attached hydrogen (secondary N) is 3. The quantitative estimate of drug-likeness (QED) is 0.340. The number of aromatic amines is 2. The van der Waals surface area contributed by atoms with Gasteiger partial charge >= 0.3 is 11.9 Å². The first kappa shape index (κ1) is 30.0. The van der Waals surface area contributed by atoms with E-state index >= 15 is 0 Å². The summed E-state index contributed by atoms with van der Waals surface area (Å²) in [5.41, 5.74) is 9.41. The fourth-order valence-electron chi connectivity index (χ4n) is 5.33. The van der Waals surface area contributed by atoms with Crippen LogP contribution in [-0.2, 0) is 44.7 Å². The summed E-state index contributed by atoms with van der Waals surface area (Å²) < 4.78 is 10.5. The minimum Gasteiger partial charge on any atom is -0.469 e. The molecular formula is C31H43N3O5. The van der Waals surface area contributed by atoms with Crippen molar-refractivity contribution in [3.63, 3.8) is 0 Å². The molecule has 0 saturated carbocycles. The third-order valence-electron chi connectivity index (χ3n) is 7.30. The number of carbonyl (C=O) groups excluding carboxylic acids is 3. The standard InChI is InChI=1S/C31H43N3O5/c1-10-19-17(4)23(34-29(19)36)15-24-20(11-2)21(12-3)25(32-24)16-26-22(13-14-27(35)38-9)18(5)28(33-26)30(37)39-31(6,7)8/h15,32-33H,10-14,16H2,1-9H3,(H,34,36)/b23-15-. The number of aromatic nitrogens is 2. The van der Waals surface area contributed by atoms with Gasteiger partial charge in [-0.1, -0.05) is 20.8 Å². The Hall–Kier alpha value is -3.55. The number of rotatable bonds is 10. The minimum absolute atomic E-state index is 0.0337. The third kappa shape index (κ3) is 6.54. The van der Waals surface area contributed by atoms with Crippen LogP contribution >= 0.6 is 0 Å². The molecule has 0 bridgehead atoms. The first-order chi connectivity index (χ1) is 18.3. The number of methoxy groups -OCH3 is 1. The van der Waals surface area contributed by atoms with Crippen LogP contribution in [0, 0.1) is 6.92 Å². The zero-order valence-electron chi connectivity index (χ0n) is 24.9. The van der Waals surface area contributed by atoms with Gasteiger partial charge in [0.05, 0.1) is 7.11 Å². The van der Waals surface area contributed by atoms with Gasteiger partial charge < -0.3 is 24.8 Å². The summed E-state index contributed by atoms with van der Waals surface area (Å²) in [5.74, 6) is -0.753. The van der Waals surface area contributed by atoms with E-state index in [9.17, 15) is 14.4 Å². The maximum absolute atomic E-state index is 13.0. The van der Waals surface area contributed by atoms with E-state index in [-0.39, 0.29) is 18.3 Å². The van der Waals surface area contributed by atoms with Crippen molar-refractivity contribution in [1.82, 2.24) is 15.3 Å². The predicted molar refractivity (Wildman–Crippen MR) is 153 cm³/mol. The molecule has 1 aliphatic rings. The fraction of sp³-hybridized carbons (Fsp3) is 0.516. The summed E-state index contributed by atoms with van der Waals surface area (Å²) in [6.45, 7) is 15.6. The van der Waals surface area contributed by atoms with Gasteiger partial charge in [-0.3, -0.25) is 9.59 Å². The highest BCUT2D eigenvalue weighted by Crippen LogP contribution is 2.31. The molecule has 39 heavy (non-hydrogen) atoms. The molecule has 3 N–H and O–H groups in total. The fourth-order valence-corrected chi connectivity index (χ4v) is 5.33. The van der Waals surface area contributed by atoms with E-state index in [0.717, 1.165) is 57.9 Å². The Bertz CT molecular complexity index is 1330. The van der Waals surface area contributed by atoms with E-state index in [1.807, 2.05) is 47.6 Å². The highest BCUT2D eigenvalue weighted by molar-refractivity contribution is 6.01. The van der Waals surface area contributed by atoms with Crippen LogP contribution in [0.1, 0.15) is 111 Å². The molecular weight excluding hydrogens is 494 g/mol. The Balaban J connectivity index is 2.07. The van der Waals surface area contributed by atoms with Crippen LogP contribution in [0.25, 0.3) is 6.08 Å². The summed E-state index contributed by atoms with van der Waals surface area (Å²) >= 11 is 0. The van der Waals surface area contributed by atoms with Crippen molar-refractivity contribution in [3.8, 4) is 0 Å². The molecule has 0 unspecified atom stereocenters. The first-order valence-electron chi connectivity index (χ1n) is 13.8. The Morgan fingerprint density at radius 3 is 2.10 bits per heavy atom. The zero-order valence-corrected chi connectivity index (χ0v) is 24.9. The van der Waals surface area contributed by atoms with Crippen LogP contribution in [0.3, 0.4) is 0 Å². The number of hydrogen-bond donors (Lipinski definition) is 3. The van der Waals surface area contributed by atoms with Crippen molar-refractivity contribution < 1.29 is 23.9 Å². The average Bonchev–Trinajstić information content (AvgIpc) is 3.46. The summed E-state index contributed by atoms with van der Waals surface area (Å²) in [4.78, 5) is 44.3. The van der Waals surface area contributed by atoms with Gasteiger partial charge in [0.15, 0.2) is 0 Å². The molecule has 0 radical (unpaired) electrons. The Morgan fingerprint density at radius 1 is 0.923 bits per heavy atom. The number of ether oxygens (including phenoxy) is 2. The van der Waals surface area contributed by atoms with Crippen molar-refractivity contribution in [2.45, 2.75) is 99.5 Å². The SMILES string of the molecule is CCC1=C(C)/C(=C/c2[nH]c(Cc3[nH]c(C(=O)OC(C)(C)C)c(C)c3CCC(=O)OC)c(CC)c2CC)NC1=O. The van der Waals surface area contributed by atoms with Gasteiger partial charge in [-0.2, -0.15) is 0 Å². The molecule has 0 aromatic carbocycles. The van der Waals surface area contributed by atoms with Crippen molar-refractivity contribution >= 4 is 23.9 Å². The number of hydrogen-bond acceptors (Lipinski definition) is 5. The van der Waals surface area contributed by atoms with Crippen LogP contribution in [0.15, 0.2) is 16.8 Å². The van der Waals surface area contributed by atoms with Gasteiger partial charge in [0.2, 0.25) is 0 Å². The molecule has 0 saturated heterocycles. The second kappa shape index (κ2) is 12.1. The number of H-pyrrole nitrogens is 2. The van der Waals surface area contributed by atoms with Gasteiger partial charge in [-0.15, -0.1) is 0 Å². The van der Waals surface area contributed by atoms with Crippen molar-refractivity contribution in [3.05, 3.63) is 61.9 Å². The molecule has 8 nitrogen and oxygen atoms in total. The lowest BCUT2D eigenvalue weighted by Crippen LogP contribution is -2.24. The lowest BCUT2D eigenvalue weighted by atomic mass is 9.98. The van der Waals surface area contributed by atoms with Gasteiger partial charge in [-0.05, 0) is 94.2 Å². The normalized spacial score (nSPS) is 14.8. The third-order valence-corrected chi connectivity index (χ3v) is 7.30. The largest absolute Gasteiger partial charge is 0.469 e. The number of esters is 2. The zero-order chi connectivity index (χ0) is 29.1. The van der Waals surface area contributed by atoms with Gasteiger partial charge in [-0.25, -0.2) is 4.79 Å². The van der Waals surface area contributed by atoms with Crippen LogP contribution in [0.5, 0.6) is 0 Å². The maximum atomic E-state index is 13.0. The maximum Gasteiger partial charge on any atom is 0.355 e. The van der Waals surface area contributed by atoms with E-state index < -0.39 is 11.6 Å². The van der Waals surface area contributed by atoms with Crippen LogP contribution < -0.4 is 5.32 Å². The predicted octanol–water partition coefficient (Wildman–Crippen LogP) is 5.62. The molecule has 1 amide bonds. The highest BCUT2D eigenvalue weighted by atomic mass is 16.6. The summed E-state index contributed by atoms with van der Waals surface area (Å²) in [6, 6.07) is 0. The molecule has 8 heteroatoms. The van der Waals surface area contributed by atoms with Gasteiger partial charge in [0.25, 0.3) is 5.91 Å². The van der Waals surface area contributed by atoms with Crippen molar-refractivity contribution in [2.75, 3.05) is 7.11 Å². The van der Waals surface area contributed by atoms with Gasteiger partial charge in [0.1, 0.15) is 11.3 Å². The van der Waals surface area contributed by atoms with E-state index in [4.69, 9.17) is 9.47 Å². The molecule has 3 heterocycles. The van der Waals surface area contributed by atoms with Gasteiger partial charge in [0, 0.05) is 41.2 Å².